The summed E-state index contributed by atoms with van der Waals surface area (Å²) in [5.41, 5.74) is 5.54. The fraction of sp³-hybridized carbons (Fsp3) is 0.357. The number of aromatic nitrogens is 3. The van der Waals surface area contributed by atoms with Gasteiger partial charge in [0.1, 0.15) is 5.75 Å². The van der Waals surface area contributed by atoms with Crippen molar-refractivity contribution in [3.8, 4) is 17.8 Å². The normalized spacial score (nSPS) is 10.3. The van der Waals surface area contributed by atoms with Crippen LogP contribution in [0, 0.1) is 20.8 Å². The van der Waals surface area contributed by atoms with Gasteiger partial charge in [-0.15, -0.1) is 4.98 Å². The van der Waals surface area contributed by atoms with E-state index in [1.54, 1.807) is 0 Å². The number of nitrogen functional groups attached to an aromatic ring is 1. The van der Waals surface area contributed by atoms with Gasteiger partial charge in [-0.05, 0) is 44.4 Å². The highest BCUT2D eigenvalue weighted by Gasteiger charge is 2.12. The molecule has 0 amide bonds. The maximum atomic E-state index is 5.81. The summed E-state index contributed by atoms with van der Waals surface area (Å²) >= 11 is 0. The van der Waals surface area contributed by atoms with Gasteiger partial charge in [0.05, 0.1) is 6.61 Å². The summed E-state index contributed by atoms with van der Waals surface area (Å²) in [4.78, 5) is 12.2. The van der Waals surface area contributed by atoms with Crippen LogP contribution in [0.4, 0.5) is 5.95 Å². The third kappa shape index (κ3) is 3.38. The molecule has 0 unspecified atom stereocenters. The molecule has 0 aliphatic heterocycles. The van der Waals surface area contributed by atoms with Crippen LogP contribution in [0.1, 0.15) is 23.6 Å². The largest absolute Gasteiger partial charge is 0.464 e. The van der Waals surface area contributed by atoms with E-state index in [9.17, 15) is 0 Å². The summed E-state index contributed by atoms with van der Waals surface area (Å²) in [5, 5.41) is 0. The number of aryl methyl sites for hydroxylation is 2. The van der Waals surface area contributed by atoms with Gasteiger partial charge in [-0.3, -0.25) is 5.43 Å². The Labute approximate surface area is 123 Å². The molecule has 1 aromatic carbocycles. The zero-order valence-electron chi connectivity index (χ0n) is 12.6. The van der Waals surface area contributed by atoms with Crippen LogP contribution in [0.3, 0.4) is 0 Å². The molecule has 1 aromatic heterocycles. The van der Waals surface area contributed by atoms with Crippen LogP contribution in [0.5, 0.6) is 17.8 Å². The quantitative estimate of drug-likeness (QED) is 0.644. The molecule has 7 heteroatoms. The molecular weight excluding hydrogens is 270 g/mol. The van der Waals surface area contributed by atoms with Crippen molar-refractivity contribution in [1.82, 2.24) is 15.0 Å². The van der Waals surface area contributed by atoms with Crippen LogP contribution in [0.15, 0.2) is 12.1 Å². The number of hydrogen-bond acceptors (Lipinski definition) is 7. The first-order valence-corrected chi connectivity index (χ1v) is 6.65. The van der Waals surface area contributed by atoms with Gasteiger partial charge in [0.25, 0.3) is 0 Å². The van der Waals surface area contributed by atoms with E-state index in [-0.39, 0.29) is 18.0 Å². The van der Waals surface area contributed by atoms with Crippen LogP contribution in [-0.4, -0.2) is 21.6 Å². The van der Waals surface area contributed by atoms with E-state index >= 15 is 0 Å². The maximum absolute atomic E-state index is 5.81. The minimum Gasteiger partial charge on any atom is -0.464 e. The lowest BCUT2D eigenvalue weighted by Gasteiger charge is -2.13. The minimum absolute atomic E-state index is 0.137. The Bertz CT molecular complexity index is 646. The molecular formula is C14H19N5O2. The van der Waals surface area contributed by atoms with E-state index in [0.717, 1.165) is 22.4 Å². The lowest BCUT2D eigenvalue weighted by Crippen LogP contribution is -2.13. The van der Waals surface area contributed by atoms with Crippen LogP contribution in [0.2, 0.25) is 0 Å². The third-order valence-corrected chi connectivity index (χ3v) is 3.06. The second kappa shape index (κ2) is 6.36. The van der Waals surface area contributed by atoms with Crippen molar-refractivity contribution in [3.05, 3.63) is 28.8 Å². The predicted octanol–water partition coefficient (Wildman–Crippen LogP) is 2.27. The molecule has 0 saturated carbocycles. The van der Waals surface area contributed by atoms with E-state index < -0.39 is 0 Å². The van der Waals surface area contributed by atoms with Crippen molar-refractivity contribution >= 4 is 5.95 Å². The van der Waals surface area contributed by atoms with E-state index in [1.807, 2.05) is 39.8 Å². The Kier molecular flexibility index (Phi) is 4.54. The summed E-state index contributed by atoms with van der Waals surface area (Å²) in [6.45, 7) is 8.26. The van der Waals surface area contributed by atoms with E-state index in [4.69, 9.17) is 15.3 Å². The Hall–Kier alpha value is -2.41. The molecule has 112 valence electrons. The fourth-order valence-electron chi connectivity index (χ4n) is 1.82. The van der Waals surface area contributed by atoms with Gasteiger partial charge in [-0.2, -0.15) is 9.97 Å². The maximum Gasteiger partial charge on any atom is 0.330 e. The number of hydrogen-bond donors (Lipinski definition) is 2. The molecule has 0 fully saturated rings. The zero-order valence-corrected chi connectivity index (χ0v) is 12.6. The second-order valence-corrected chi connectivity index (χ2v) is 4.56. The molecule has 3 N–H and O–H groups in total. The van der Waals surface area contributed by atoms with Crippen molar-refractivity contribution in [2.45, 2.75) is 27.7 Å². The standard InChI is InChI=1S/C14H19N5O2/c1-5-20-13-16-12(19-15)17-14(18-13)21-11-9(3)7-6-8(2)10(11)4/h6-7H,5,15H2,1-4H3,(H,16,17,18,19). The molecule has 2 aromatic rings. The van der Waals surface area contributed by atoms with E-state index in [1.165, 1.54) is 0 Å². The Balaban J connectivity index is 2.39. The van der Waals surface area contributed by atoms with Crippen molar-refractivity contribution in [3.63, 3.8) is 0 Å². The molecule has 7 nitrogen and oxygen atoms in total. The highest BCUT2D eigenvalue weighted by Crippen LogP contribution is 2.29. The third-order valence-electron chi connectivity index (χ3n) is 3.06. The average molecular weight is 289 g/mol. The molecule has 1 heterocycles. The van der Waals surface area contributed by atoms with Gasteiger partial charge in [0, 0.05) is 0 Å². The molecule has 0 aliphatic carbocycles. The highest BCUT2D eigenvalue weighted by molar-refractivity contribution is 5.46. The van der Waals surface area contributed by atoms with Gasteiger partial charge in [0.2, 0.25) is 5.95 Å². The first-order chi connectivity index (χ1) is 10.0. The number of nitrogens with two attached hydrogens (primary N) is 1. The Morgan fingerprint density at radius 1 is 1.05 bits per heavy atom. The summed E-state index contributed by atoms with van der Waals surface area (Å²) in [7, 11) is 0. The molecule has 0 atom stereocenters. The van der Waals surface area contributed by atoms with Crippen LogP contribution >= 0.6 is 0 Å². The highest BCUT2D eigenvalue weighted by atomic mass is 16.5. The average Bonchev–Trinajstić information content (AvgIpc) is 2.48. The first-order valence-electron chi connectivity index (χ1n) is 6.65. The first kappa shape index (κ1) is 15.0. The Morgan fingerprint density at radius 3 is 2.38 bits per heavy atom. The number of hydrazine groups is 1. The van der Waals surface area contributed by atoms with Crippen molar-refractivity contribution in [2.24, 2.45) is 5.84 Å². The number of rotatable bonds is 5. The smallest absolute Gasteiger partial charge is 0.330 e. The SMILES string of the molecule is CCOc1nc(NN)nc(Oc2c(C)ccc(C)c2C)n1. The predicted molar refractivity (Wildman–Crippen MR) is 79.5 cm³/mol. The molecule has 2 rings (SSSR count). The van der Waals surface area contributed by atoms with Gasteiger partial charge in [-0.1, -0.05) is 12.1 Å². The number of ether oxygens (including phenoxy) is 2. The van der Waals surface area contributed by atoms with Crippen molar-refractivity contribution < 1.29 is 9.47 Å². The van der Waals surface area contributed by atoms with Crippen molar-refractivity contribution in [1.29, 1.82) is 0 Å². The lowest BCUT2D eigenvalue weighted by atomic mass is 10.1. The van der Waals surface area contributed by atoms with Crippen molar-refractivity contribution in [2.75, 3.05) is 12.0 Å². The van der Waals surface area contributed by atoms with Gasteiger partial charge < -0.3 is 9.47 Å². The molecule has 0 radical (unpaired) electrons. The van der Waals surface area contributed by atoms with Gasteiger partial charge >= 0.3 is 12.0 Å². The molecule has 0 aliphatic rings. The molecule has 0 bridgehead atoms. The van der Waals surface area contributed by atoms with Crippen LogP contribution in [0.25, 0.3) is 0 Å². The van der Waals surface area contributed by atoms with E-state index in [2.05, 4.69) is 20.4 Å². The topological polar surface area (TPSA) is 95.2 Å². The molecule has 0 spiro atoms. The fourth-order valence-corrected chi connectivity index (χ4v) is 1.82. The van der Waals surface area contributed by atoms with Crippen LogP contribution < -0.4 is 20.7 Å². The summed E-state index contributed by atoms with van der Waals surface area (Å²) in [5.74, 6) is 6.26. The van der Waals surface area contributed by atoms with Gasteiger partial charge in [0.15, 0.2) is 0 Å². The lowest BCUT2D eigenvalue weighted by molar-refractivity contribution is 0.303. The number of nitrogens with zero attached hydrogens (tertiary/aromatic N) is 3. The van der Waals surface area contributed by atoms with Crippen LogP contribution in [-0.2, 0) is 0 Å². The van der Waals surface area contributed by atoms with Gasteiger partial charge in [-0.25, -0.2) is 5.84 Å². The summed E-state index contributed by atoms with van der Waals surface area (Å²) < 4.78 is 11.1. The summed E-state index contributed by atoms with van der Waals surface area (Å²) in [6.07, 6.45) is 0. The molecule has 21 heavy (non-hydrogen) atoms. The number of anilines is 1. The monoisotopic (exact) mass is 289 g/mol. The van der Waals surface area contributed by atoms with E-state index in [0.29, 0.717) is 6.61 Å². The number of nitrogens with one attached hydrogen (secondary N) is 1. The summed E-state index contributed by atoms with van der Waals surface area (Å²) in [6, 6.07) is 4.34. The number of benzene rings is 1. The zero-order chi connectivity index (χ0) is 15.4. The minimum atomic E-state index is 0.137. The Morgan fingerprint density at radius 2 is 1.71 bits per heavy atom. The molecule has 0 saturated heterocycles. The second-order valence-electron chi connectivity index (χ2n) is 4.56.